The van der Waals surface area contributed by atoms with Gasteiger partial charge in [0.2, 0.25) is 5.75 Å². The number of fused-ring (bicyclic) bond motifs is 1. The molecule has 24 heavy (non-hydrogen) atoms. The van der Waals surface area contributed by atoms with Crippen molar-refractivity contribution in [2.75, 3.05) is 54.1 Å². The molecule has 1 N–H and O–H groups in total. The highest BCUT2D eigenvalue weighted by molar-refractivity contribution is 5.59. The Hall–Kier alpha value is -1.46. The number of nitrogens with one attached hydrogen (secondary N) is 1. The minimum Gasteiger partial charge on any atom is -0.493 e. The fraction of sp³-hybridized carbons (Fsp3) is 0.684. The van der Waals surface area contributed by atoms with Crippen LogP contribution >= 0.6 is 0 Å². The molecule has 5 nitrogen and oxygen atoms in total. The average Bonchev–Trinajstić information content (AvgIpc) is 2.92. The Kier molecular flexibility index (Phi) is 5.21. The van der Waals surface area contributed by atoms with E-state index in [1.54, 1.807) is 21.3 Å². The molecule has 134 valence electrons. The smallest absolute Gasteiger partial charge is 0.203 e. The second kappa shape index (κ2) is 7.19. The normalized spacial score (nSPS) is 24.3. The Morgan fingerprint density at radius 2 is 1.83 bits per heavy atom. The summed E-state index contributed by atoms with van der Waals surface area (Å²) in [5.41, 5.74) is 2.99. The van der Waals surface area contributed by atoms with Crippen molar-refractivity contribution in [3.8, 4) is 17.2 Å². The first-order chi connectivity index (χ1) is 11.6. The van der Waals surface area contributed by atoms with Gasteiger partial charge in [0, 0.05) is 31.7 Å². The van der Waals surface area contributed by atoms with E-state index in [-0.39, 0.29) is 0 Å². The summed E-state index contributed by atoms with van der Waals surface area (Å²) in [5.74, 6) is 2.30. The van der Waals surface area contributed by atoms with Crippen LogP contribution in [-0.2, 0) is 12.8 Å². The predicted octanol–water partition coefficient (Wildman–Crippen LogP) is 2.11. The van der Waals surface area contributed by atoms with Crippen molar-refractivity contribution in [2.24, 2.45) is 5.41 Å². The van der Waals surface area contributed by atoms with Crippen LogP contribution in [0.5, 0.6) is 17.2 Å². The topological polar surface area (TPSA) is 43.0 Å². The van der Waals surface area contributed by atoms with Crippen LogP contribution < -0.4 is 19.5 Å². The van der Waals surface area contributed by atoms with Gasteiger partial charge in [0.25, 0.3) is 0 Å². The van der Waals surface area contributed by atoms with Gasteiger partial charge in [-0.05, 0) is 42.9 Å². The lowest BCUT2D eigenvalue weighted by molar-refractivity contribution is 0.184. The Morgan fingerprint density at radius 3 is 2.46 bits per heavy atom. The third kappa shape index (κ3) is 3.33. The molecule has 0 aromatic heterocycles. The summed E-state index contributed by atoms with van der Waals surface area (Å²) in [6.45, 7) is 7.98. The molecule has 1 aromatic carbocycles. The highest BCUT2D eigenvalue weighted by Gasteiger charge is 2.32. The number of methoxy groups -OCH3 is 3. The molecular formula is C19H30N2O3. The van der Waals surface area contributed by atoms with E-state index in [0.717, 1.165) is 57.1 Å². The van der Waals surface area contributed by atoms with Gasteiger partial charge in [0.1, 0.15) is 0 Å². The maximum atomic E-state index is 5.69. The van der Waals surface area contributed by atoms with Gasteiger partial charge in [-0.15, -0.1) is 0 Å². The largest absolute Gasteiger partial charge is 0.493 e. The van der Waals surface area contributed by atoms with Crippen molar-refractivity contribution in [1.82, 2.24) is 10.2 Å². The fourth-order valence-electron chi connectivity index (χ4n) is 4.13. The van der Waals surface area contributed by atoms with Crippen LogP contribution in [0.3, 0.4) is 0 Å². The molecule has 1 saturated heterocycles. The summed E-state index contributed by atoms with van der Waals surface area (Å²) in [7, 11) is 5.07. The van der Waals surface area contributed by atoms with Crippen LogP contribution in [0.2, 0.25) is 0 Å². The molecule has 1 aromatic rings. The minimum absolute atomic E-state index is 0.399. The third-order valence-corrected chi connectivity index (χ3v) is 5.46. The van der Waals surface area contributed by atoms with Gasteiger partial charge >= 0.3 is 0 Å². The molecule has 2 aliphatic heterocycles. The summed E-state index contributed by atoms with van der Waals surface area (Å²) in [6.07, 6.45) is 3.28. The molecule has 1 unspecified atom stereocenters. The van der Waals surface area contributed by atoms with E-state index in [4.69, 9.17) is 14.2 Å². The number of benzene rings is 1. The van der Waals surface area contributed by atoms with E-state index >= 15 is 0 Å². The van der Waals surface area contributed by atoms with E-state index in [1.165, 1.54) is 17.5 Å². The van der Waals surface area contributed by atoms with Crippen molar-refractivity contribution in [1.29, 1.82) is 0 Å². The molecule has 0 spiro atoms. The van der Waals surface area contributed by atoms with Gasteiger partial charge in [0.05, 0.1) is 21.3 Å². The van der Waals surface area contributed by atoms with Gasteiger partial charge < -0.3 is 24.4 Å². The second-order valence-corrected chi connectivity index (χ2v) is 7.30. The summed E-state index contributed by atoms with van der Waals surface area (Å²) >= 11 is 0. The van der Waals surface area contributed by atoms with Gasteiger partial charge in [-0.2, -0.15) is 0 Å². The fourth-order valence-corrected chi connectivity index (χ4v) is 4.13. The van der Waals surface area contributed by atoms with E-state index in [1.807, 2.05) is 0 Å². The molecule has 2 heterocycles. The highest BCUT2D eigenvalue weighted by Crippen LogP contribution is 2.43. The maximum Gasteiger partial charge on any atom is 0.203 e. The van der Waals surface area contributed by atoms with E-state index in [0.29, 0.717) is 11.2 Å². The van der Waals surface area contributed by atoms with Crippen molar-refractivity contribution in [3.63, 3.8) is 0 Å². The van der Waals surface area contributed by atoms with E-state index in [9.17, 15) is 0 Å². The van der Waals surface area contributed by atoms with Crippen LogP contribution in [0.4, 0.5) is 0 Å². The lowest BCUT2D eigenvalue weighted by atomic mass is 9.89. The predicted molar refractivity (Wildman–Crippen MR) is 95.5 cm³/mol. The molecule has 2 aliphatic rings. The van der Waals surface area contributed by atoms with Gasteiger partial charge in [0.15, 0.2) is 11.5 Å². The molecule has 0 radical (unpaired) electrons. The lowest BCUT2D eigenvalue weighted by Crippen LogP contribution is -2.38. The molecule has 0 bridgehead atoms. The van der Waals surface area contributed by atoms with E-state index in [2.05, 4.69) is 23.2 Å². The van der Waals surface area contributed by atoms with E-state index < -0.39 is 0 Å². The third-order valence-electron chi connectivity index (χ3n) is 5.46. The van der Waals surface area contributed by atoms with Crippen LogP contribution in [0.1, 0.15) is 24.5 Å². The number of ether oxygens (including phenoxy) is 3. The zero-order valence-corrected chi connectivity index (χ0v) is 15.4. The monoisotopic (exact) mass is 334 g/mol. The standard InChI is InChI=1S/C19H30N2O3/c1-19(7-8-20-12-19)13-21-9-5-14-11-16(22-2)18(24-4)17(23-3)15(14)6-10-21/h11,20H,5-10,12-13H2,1-4H3. The summed E-state index contributed by atoms with van der Waals surface area (Å²) in [6, 6.07) is 2.12. The van der Waals surface area contributed by atoms with Crippen LogP contribution in [0.15, 0.2) is 6.07 Å². The zero-order valence-electron chi connectivity index (χ0n) is 15.4. The Bertz CT molecular complexity index is 582. The highest BCUT2D eigenvalue weighted by atomic mass is 16.5. The van der Waals surface area contributed by atoms with Crippen molar-refractivity contribution in [2.45, 2.75) is 26.2 Å². The molecule has 5 heteroatoms. The molecule has 1 atom stereocenters. The molecule has 0 saturated carbocycles. The quantitative estimate of drug-likeness (QED) is 0.893. The number of hydrogen-bond donors (Lipinski definition) is 1. The number of rotatable bonds is 5. The number of nitrogens with zero attached hydrogens (tertiary/aromatic N) is 1. The second-order valence-electron chi connectivity index (χ2n) is 7.30. The Balaban J connectivity index is 1.82. The average molecular weight is 334 g/mol. The van der Waals surface area contributed by atoms with Crippen molar-refractivity contribution >= 4 is 0 Å². The van der Waals surface area contributed by atoms with Crippen molar-refractivity contribution in [3.05, 3.63) is 17.2 Å². The molecule has 3 rings (SSSR count). The molecule has 0 amide bonds. The minimum atomic E-state index is 0.399. The van der Waals surface area contributed by atoms with Crippen molar-refractivity contribution < 1.29 is 14.2 Å². The zero-order chi connectivity index (χ0) is 17.2. The summed E-state index contributed by atoms with van der Waals surface area (Å²) in [4.78, 5) is 2.60. The van der Waals surface area contributed by atoms with Crippen LogP contribution in [0.25, 0.3) is 0 Å². The first kappa shape index (κ1) is 17.4. The molecule has 1 fully saturated rings. The van der Waals surface area contributed by atoms with Gasteiger partial charge in [-0.25, -0.2) is 0 Å². The number of hydrogen-bond acceptors (Lipinski definition) is 5. The first-order valence-corrected chi connectivity index (χ1v) is 8.84. The SMILES string of the molecule is COc1cc2c(c(OC)c1OC)CCN(CC1(C)CCNC1)CC2. The van der Waals surface area contributed by atoms with Crippen LogP contribution in [-0.4, -0.2) is 59.0 Å². The first-order valence-electron chi connectivity index (χ1n) is 8.84. The summed E-state index contributed by atoms with van der Waals surface area (Å²) in [5, 5.41) is 3.50. The van der Waals surface area contributed by atoms with Gasteiger partial charge in [-0.1, -0.05) is 6.92 Å². The Labute approximate surface area is 145 Å². The molecular weight excluding hydrogens is 304 g/mol. The van der Waals surface area contributed by atoms with Crippen LogP contribution in [0, 0.1) is 5.41 Å². The summed E-state index contributed by atoms with van der Waals surface area (Å²) < 4.78 is 16.7. The maximum absolute atomic E-state index is 5.69. The molecule has 0 aliphatic carbocycles. The lowest BCUT2D eigenvalue weighted by Gasteiger charge is -2.31. The Morgan fingerprint density at radius 1 is 1.08 bits per heavy atom. The van der Waals surface area contributed by atoms with Gasteiger partial charge in [-0.3, -0.25) is 0 Å².